The molecule has 0 radical (unpaired) electrons. The van der Waals surface area contributed by atoms with Crippen LogP contribution in [0, 0.1) is 0 Å². The van der Waals surface area contributed by atoms with Crippen molar-refractivity contribution in [3.8, 4) is 0 Å². The quantitative estimate of drug-likeness (QED) is 0.477. The number of carbonyl (C=O) groups is 1. The van der Waals surface area contributed by atoms with Gasteiger partial charge in [-0.15, -0.1) is 0 Å². The Labute approximate surface area is 133 Å². The maximum absolute atomic E-state index is 12.1. The van der Waals surface area contributed by atoms with Crippen molar-refractivity contribution in [3.63, 3.8) is 0 Å². The van der Waals surface area contributed by atoms with Gasteiger partial charge in [0.15, 0.2) is 0 Å². The highest BCUT2D eigenvalue weighted by Gasteiger charge is 2.22. The van der Waals surface area contributed by atoms with E-state index in [-0.39, 0.29) is 12.6 Å². The van der Waals surface area contributed by atoms with E-state index in [0.717, 1.165) is 18.4 Å². The first-order valence-electron chi connectivity index (χ1n) is 8.09. The average Bonchev–Trinajstić information content (AvgIpc) is 2.49. The third kappa shape index (κ3) is 7.24. The molecule has 124 valence electrons. The molecule has 0 saturated carbocycles. The first kappa shape index (κ1) is 18.9. The zero-order chi connectivity index (χ0) is 16.4. The van der Waals surface area contributed by atoms with E-state index in [4.69, 9.17) is 5.11 Å². The zero-order valence-corrected chi connectivity index (χ0v) is 14.2. The molecule has 0 fully saturated rings. The number of carboxylic acid groups (broad SMARTS) is 1. The topological polar surface area (TPSA) is 74.6 Å². The van der Waals surface area contributed by atoms with Crippen LogP contribution in [0.3, 0.4) is 0 Å². The first-order chi connectivity index (χ1) is 10.5. The molecule has 1 aromatic rings. The Kier molecular flexibility index (Phi) is 8.44. The lowest BCUT2D eigenvalue weighted by atomic mass is 10.1. The monoisotopic (exact) mass is 326 g/mol. The van der Waals surface area contributed by atoms with Crippen LogP contribution >= 0.6 is 7.37 Å². The normalized spacial score (nSPS) is 13.7. The summed E-state index contributed by atoms with van der Waals surface area (Å²) in [5.74, 6) is -1.05. The van der Waals surface area contributed by atoms with Gasteiger partial charge in [-0.25, -0.2) is 0 Å². The Balaban J connectivity index is 2.42. The molecule has 22 heavy (non-hydrogen) atoms. The van der Waals surface area contributed by atoms with E-state index < -0.39 is 13.3 Å². The number of aryl methyl sites for hydroxylation is 1. The summed E-state index contributed by atoms with van der Waals surface area (Å²) in [7, 11) is -3.54. The molecule has 0 aliphatic carbocycles. The number of benzene rings is 1. The van der Waals surface area contributed by atoms with E-state index in [1.54, 1.807) is 12.1 Å². The SMILES string of the molecule is CCCCCCCCc1ccc(P(=O)(O)CCC(=O)O)cc1. The van der Waals surface area contributed by atoms with Gasteiger partial charge in [0.05, 0.1) is 6.42 Å². The summed E-state index contributed by atoms with van der Waals surface area (Å²) < 4.78 is 12.1. The van der Waals surface area contributed by atoms with Crippen LogP contribution in [0.2, 0.25) is 0 Å². The van der Waals surface area contributed by atoms with E-state index in [1.807, 2.05) is 12.1 Å². The fourth-order valence-electron chi connectivity index (χ4n) is 2.38. The largest absolute Gasteiger partial charge is 0.481 e. The molecular formula is C17H27O4P. The Bertz CT molecular complexity index is 496. The van der Waals surface area contributed by atoms with Gasteiger partial charge >= 0.3 is 5.97 Å². The molecule has 1 unspecified atom stereocenters. The summed E-state index contributed by atoms with van der Waals surface area (Å²) in [5.41, 5.74) is 1.16. The molecule has 0 spiro atoms. The number of aliphatic carboxylic acids is 1. The number of hydrogen-bond acceptors (Lipinski definition) is 2. The predicted octanol–water partition coefficient (Wildman–Crippen LogP) is 3.96. The Morgan fingerprint density at radius 1 is 1.05 bits per heavy atom. The molecule has 5 heteroatoms. The van der Waals surface area contributed by atoms with Crippen LogP contribution in [0.15, 0.2) is 24.3 Å². The lowest BCUT2D eigenvalue weighted by molar-refractivity contribution is -0.136. The third-order valence-corrected chi connectivity index (χ3v) is 5.72. The van der Waals surface area contributed by atoms with Gasteiger partial charge in [-0.3, -0.25) is 9.36 Å². The van der Waals surface area contributed by atoms with Crippen LogP contribution in [0.5, 0.6) is 0 Å². The van der Waals surface area contributed by atoms with Crippen molar-refractivity contribution >= 4 is 18.6 Å². The van der Waals surface area contributed by atoms with Gasteiger partial charge in [0.25, 0.3) is 0 Å². The molecule has 2 N–H and O–H groups in total. The molecule has 1 atom stereocenters. The Hall–Kier alpha value is -1.12. The van der Waals surface area contributed by atoms with Crippen LogP contribution < -0.4 is 5.30 Å². The van der Waals surface area contributed by atoms with E-state index in [0.29, 0.717) is 5.30 Å². The van der Waals surface area contributed by atoms with Crippen molar-refractivity contribution in [3.05, 3.63) is 29.8 Å². The molecule has 4 nitrogen and oxygen atoms in total. The number of carboxylic acids is 1. The van der Waals surface area contributed by atoms with E-state index in [1.165, 1.54) is 32.1 Å². The van der Waals surface area contributed by atoms with Gasteiger partial charge in [-0.2, -0.15) is 0 Å². The first-order valence-corrected chi connectivity index (χ1v) is 9.93. The van der Waals surface area contributed by atoms with Gasteiger partial charge < -0.3 is 10.00 Å². The predicted molar refractivity (Wildman–Crippen MR) is 90.1 cm³/mol. The third-order valence-electron chi connectivity index (χ3n) is 3.79. The molecule has 0 aliphatic rings. The van der Waals surface area contributed by atoms with Gasteiger partial charge in [-0.1, -0.05) is 51.2 Å². The van der Waals surface area contributed by atoms with Crippen molar-refractivity contribution in [1.29, 1.82) is 0 Å². The maximum Gasteiger partial charge on any atom is 0.303 e. The van der Waals surface area contributed by atoms with Crippen molar-refractivity contribution in [2.75, 3.05) is 6.16 Å². The van der Waals surface area contributed by atoms with Crippen LogP contribution in [0.4, 0.5) is 0 Å². The summed E-state index contributed by atoms with van der Waals surface area (Å²) in [6, 6.07) is 7.08. The summed E-state index contributed by atoms with van der Waals surface area (Å²) in [5, 5.41) is 8.96. The Morgan fingerprint density at radius 2 is 1.64 bits per heavy atom. The highest BCUT2D eigenvalue weighted by atomic mass is 31.2. The fraction of sp³-hybridized carbons (Fsp3) is 0.588. The summed E-state index contributed by atoms with van der Waals surface area (Å²) in [6.45, 7) is 2.21. The van der Waals surface area contributed by atoms with Crippen LogP contribution in [0.25, 0.3) is 0 Å². The summed E-state index contributed by atoms with van der Waals surface area (Å²) in [4.78, 5) is 20.4. The summed E-state index contributed by atoms with van der Waals surface area (Å²) in [6.07, 6.45) is 7.97. The molecule has 0 aromatic heterocycles. The second kappa shape index (κ2) is 9.81. The second-order valence-electron chi connectivity index (χ2n) is 5.75. The molecule has 0 heterocycles. The minimum atomic E-state index is -3.54. The minimum absolute atomic E-state index is 0.209. The van der Waals surface area contributed by atoms with Gasteiger partial charge in [0.1, 0.15) is 0 Å². The van der Waals surface area contributed by atoms with Gasteiger partial charge in [0.2, 0.25) is 7.37 Å². The van der Waals surface area contributed by atoms with E-state index >= 15 is 0 Å². The zero-order valence-electron chi connectivity index (χ0n) is 13.3. The van der Waals surface area contributed by atoms with Crippen molar-refractivity contribution < 1.29 is 19.4 Å². The minimum Gasteiger partial charge on any atom is -0.481 e. The average molecular weight is 326 g/mol. The highest BCUT2D eigenvalue weighted by Crippen LogP contribution is 2.39. The fourth-order valence-corrected chi connectivity index (χ4v) is 3.75. The van der Waals surface area contributed by atoms with Crippen LogP contribution in [-0.4, -0.2) is 22.1 Å². The number of unbranched alkanes of at least 4 members (excludes halogenated alkanes) is 5. The molecule has 0 bridgehead atoms. The number of hydrogen-bond donors (Lipinski definition) is 2. The molecule has 0 saturated heterocycles. The molecule has 1 aromatic carbocycles. The van der Waals surface area contributed by atoms with E-state index in [9.17, 15) is 14.3 Å². The van der Waals surface area contributed by atoms with Crippen LogP contribution in [0.1, 0.15) is 57.4 Å². The summed E-state index contributed by atoms with van der Waals surface area (Å²) >= 11 is 0. The highest BCUT2D eigenvalue weighted by molar-refractivity contribution is 7.66. The lowest BCUT2D eigenvalue weighted by Crippen LogP contribution is -2.10. The van der Waals surface area contributed by atoms with Crippen LogP contribution in [-0.2, 0) is 15.8 Å². The van der Waals surface area contributed by atoms with E-state index in [2.05, 4.69) is 6.92 Å². The molecule has 0 amide bonds. The molecule has 0 aliphatic heterocycles. The maximum atomic E-state index is 12.1. The number of rotatable bonds is 11. The smallest absolute Gasteiger partial charge is 0.303 e. The standard InChI is InChI=1S/C17H27O4P/c1-2-3-4-5-6-7-8-15-9-11-16(12-10-15)22(20,21)14-13-17(18)19/h9-12H,2-8,13-14H2,1H3,(H,18,19)(H,20,21). The molecular weight excluding hydrogens is 299 g/mol. The Morgan fingerprint density at radius 3 is 2.23 bits per heavy atom. The van der Waals surface area contributed by atoms with Crippen molar-refractivity contribution in [1.82, 2.24) is 0 Å². The molecule has 1 rings (SSSR count). The van der Waals surface area contributed by atoms with Gasteiger partial charge in [0, 0.05) is 11.5 Å². The second-order valence-corrected chi connectivity index (χ2v) is 8.12. The van der Waals surface area contributed by atoms with Crippen molar-refractivity contribution in [2.45, 2.75) is 58.3 Å². The van der Waals surface area contributed by atoms with Crippen molar-refractivity contribution in [2.24, 2.45) is 0 Å². The lowest BCUT2D eigenvalue weighted by Gasteiger charge is -2.11. The van der Waals surface area contributed by atoms with Gasteiger partial charge in [-0.05, 0) is 30.5 Å².